The summed E-state index contributed by atoms with van der Waals surface area (Å²) in [5.41, 5.74) is 0.619. The number of nitrogens with zero attached hydrogens (tertiary/aromatic N) is 1. The quantitative estimate of drug-likeness (QED) is 0.832. The lowest BCUT2D eigenvalue weighted by molar-refractivity contribution is 0.628. The van der Waals surface area contributed by atoms with Crippen LogP contribution in [0.15, 0.2) is 34.9 Å². The van der Waals surface area contributed by atoms with E-state index in [0.29, 0.717) is 16.5 Å². The maximum Gasteiger partial charge on any atom is 0.149 e. The van der Waals surface area contributed by atoms with Crippen molar-refractivity contribution in [1.82, 2.24) is 4.98 Å². The second-order valence-corrected chi connectivity index (χ2v) is 4.97. The predicted octanol–water partition coefficient (Wildman–Crippen LogP) is 5.03. The Hall–Kier alpha value is -0.840. The summed E-state index contributed by atoms with van der Waals surface area (Å²) < 4.78 is 13.7. The zero-order valence-corrected chi connectivity index (χ0v) is 11.4. The average molecular weight is 336 g/mol. The van der Waals surface area contributed by atoms with Crippen LogP contribution in [0.3, 0.4) is 0 Å². The predicted molar refractivity (Wildman–Crippen MR) is 71.6 cm³/mol. The summed E-state index contributed by atoms with van der Waals surface area (Å²) in [6.07, 6.45) is 1.61. The SMILES string of the molecule is Fc1ccc(Nc2ncc(Br)cc2Cl)cc1Cl. The van der Waals surface area contributed by atoms with E-state index in [1.807, 2.05) is 0 Å². The van der Waals surface area contributed by atoms with Gasteiger partial charge in [-0.15, -0.1) is 0 Å². The topological polar surface area (TPSA) is 24.9 Å². The molecule has 0 spiro atoms. The molecule has 2 aromatic rings. The fourth-order valence-corrected chi connectivity index (χ4v) is 2.07. The summed E-state index contributed by atoms with van der Waals surface area (Å²) in [5.74, 6) is 0.0182. The molecule has 0 unspecified atom stereocenters. The van der Waals surface area contributed by atoms with Crippen molar-refractivity contribution in [3.8, 4) is 0 Å². The number of nitrogens with one attached hydrogen (secondary N) is 1. The van der Waals surface area contributed by atoms with Crippen molar-refractivity contribution in [1.29, 1.82) is 0 Å². The molecule has 1 N–H and O–H groups in total. The molecule has 1 aromatic carbocycles. The second kappa shape index (κ2) is 5.21. The van der Waals surface area contributed by atoms with E-state index < -0.39 is 5.82 Å². The summed E-state index contributed by atoms with van der Waals surface area (Å²) in [4.78, 5) is 4.10. The molecule has 0 fully saturated rings. The molecule has 0 bridgehead atoms. The highest BCUT2D eigenvalue weighted by atomic mass is 79.9. The van der Waals surface area contributed by atoms with Crippen LogP contribution in [0.5, 0.6) is 0 Å². The van der Waals surface area contributed by atoms with Gasteiger partial charge < -0.3 is 5.32 Å². The van der Waals surface area contributed by atoms with E-state index in [4.69, 9.17) is 23.2 Å². The summed E-state index contributed by atoms with van der Waals surface area (Å²) in [6, 6.07) is 6.01. The smallest absolute Gasteiger partial charge is 0.149 e. The molecule has 0 aliphatic carbocycles. The van der Waals surface area contributed by atoms with E-state index in [9.17, 15) is 4.39 Å². The maximum atomic E-state index is 13.0. The van der Waals surface area contributed by atoms with Crippen molar-refractivity contribution in [3.63, 3.8) is 0 Å². The van der Waals surface area contributed by atoms with E-state index >= 15 is 0 Å². The monoisotopic (exact) mass is 334 g/mol. The zero-order valence-electron chi connectivity index (χ0n) is 8.35. The Morgan fingerprint density at radius 3 is 2.59 bits per heavy atom. The van der Waals surface area contributed by atoms with Gasteiger partial charge in [-0.2, -0.15) is 0 Å². The van der Waals surface area contributed by atoms with Gasteiger partial charge in [-0.3, -0.25) is 0 Å². The van der Waals surface area contributed by atoms with E-state index in [1.165, 1.54) is 12.1 Å². The van der Waals surface area contributed by atoms with Crippen molar-refractivity contribution in [2.24, 2.45) is 0 Å². The second-order valence-electron chi connectivity index (χ2n) is 3.24. The first-order valence-corrected chi connectivity index (χ1v) is 6.14. The summed E-state index contributed by atoms with van der Waals surface area (Å²) in [5, 5.41) is 3.46. The van der Waals surface area contributed by atoms with Crippen molar-refractivity contribution in [3.05, 3.63) is 50.8 Å². The fraction of sp³-hybridized carbons (Fsp3) is 0. The largest absolute Gasteiger partial charge is 0.339 e. The zero-order chi connectivity index (χ0) is 12.4. The number of benzene rings is 1. The van der Waals surface area contributed by atoms with Gasteiger partial charge in [-0.05, 0) is 40.2 Å². The third-order valence-electron chi connectivity index (χ3n) is 1.99. The number of aromatic nitrogens is 1. The van der Waals surface area contributed by atoms with Crippen LogP contribution in [0.1, 0.15) is 0 Å². The van der Waals surface area contributed by atoms with Crippen LogP contribution in [0, 0.1) is 5.82 Å². The molecule has 0 atom stereocenters. The van der Waals surface area contributed by atoms with Gasteiger partial charge in [0, 0.05) is 16.4 Å². The van der Waals surface area contributed by atoms with E-state index in [1.54, 1.807) is 18.3 Å². The van der Waals surface area contributed by atoms with E-state index in [0.717, 1.165) is 4.47 Å². The molecule has 0 radical (unpaired) electrons. The van der Waals surface area contributed by atoms with E-state index in [2.05, 4.69) is 26.2 Å². The minimum Gasteiger partial charge on any atom is -0.339 e. The highest BCUT2D eigenvalue weighted by Crippen LogP contribution is 2.27. The van der Waals surface area contributed by atoms with Gasteiger partial charge in [-0.1, -0.05) is 23.2 Å². The van der Waals surface area contributed by atoms with Crippen molar-refractivity contribution in [2.45, 2.75) is 0 Å². The molecule has 0 aliphatic heterocycles. The van der Waals surface area contributed by atoms with Crippen molar-refractivity contribution in [2.75, 3.05) is 5.32 Å². The molecule has 88 valence electrons. The van der Waals surface area contributed by atoms with Gasteiger partial charge in [-0.25, -0.2) is 9.37 Å². The fourth-order valence-electron chi connectivity index (χ4n) is 1.22. The standard InChI is InChI=1S/C11H6BrCl2FN2/c12-6-3-9(14)11(16-5-6)17-7-1-2-10(15)8(13)4-7/h1-5H,(H,16,17). The number of hydrogen-bond donors (Lipinski definition) is 1. The Morgan fingerprint density at radius 1 is 1.18 bits per heavy atom. The maximum absolute atomic E-state index is 13.0. The normalized spacial score (nSPS) is 10.4. The van der Waals surface area contributed by atoms with Crippen LogP contribution in [-0.4, -0.2) is 4.98 Å². The Balaban J connectivity index is 2.28. The molecule has 0 aliphatic rings. The third-order valence-corrected chi connectivity index (χ3v) is 3.00. The van der Waals surface area contributed by atoms with Crippen LogP contribution in [0.4, 0.5) is 15.9 Å². The molecule has 6 heteroatoms. The number of pyridine rings is 1. The Bertz CT molecular complexity index is 563. The molecule has 1 heterocycles. The molecular weight excluding hydrogens is 330 g/mol. The number of hydrogen-bond acceptors (Lipinski definition) is 2. The van der Waals surface area contributed by atoms with Crippen LogP contribution in [-0.2, 0) is 0 Å². The minimum absolute atomic E-state index is 0.0447. The molecular formula is C11H6BrCl2FN2. The first kappa shape index (κ1) is 12.6. The van der Waals surface area contributed by atoms with Gasteiger partial charge in [0.1, 0.15) is 11.6 Å². The van der Waals surface area contributed by atoms with E-state index in [-0.39, 0.29) is 5.02 Å². The minimum atomic E-state index is -0.466. The summed E-state index contributed by atoms with van der Waals surface area (Å²) >= 11 is 14.9. The lowest BCUT2D eigenvalue weighted by Gasteiger charge is -2.08. The molecule has 0 saturated carbocycles. The average Bonchev–Trinajstić information content (AvgIpc) is 2.27. The Morgan fingerprint density at radius 2 is 1.94 bits per heavy atom. The lowest BCUT2D eigenvalue weighted by Crippen LogP contribution is -1.94. The van der Waals surface area contributed by atoms with Gasteiger partial charge in [0.05, 0.1) is 10.0 Å². The van der Waals surface area contributed by atoms with Crippen molar-refractivity contribution < 1.29 is 4.39 Å². The van der Waals surface area contributed by atoms with Gasteiger partial charge in [0.15, 0.2) is 0 Å². The van der Waals surface area contributed by atoms with Crippen LogP contribution in [0.25, 0.3) is 0 Å². The highest BCUT2D eigenvalue weighted by molar-refractivity contribution is 9.10. The highest BCUT2D eigenvalue weighted by Gasteiger charge is 2.05. The molecule has 0 saturated heterocycles. The number of anilines is 2. The number of rotatable bonds is 2. The van der Waals surface area contributed by atoms with Crippen LogP contribution in [0.2, 0.25) is 10.0 Å². The third kappa shape index (κ3) is 3.09. The molecule has 0 amide bonds. The van der Waals surface area contributed by atoms with Gasteiger partial charge in [0.25, 0.3) is 0 Å². The lowest BCUT2D eigenvalue weighted by atomic mass is 10.3. The van der Waals surface area contributed by atoms with Crippen LogP contribution < -0.4 is 5.32 Å². The van der Waals surface area contributed by atoms with Crippen molar-refractivity contribution >= 4 is 50.6 Å². The molecule has 1 aromatic heterocycles. The molecule has 17 heavy (non-hydrogen) atoms. The number of halogens is 4. The Kier molecular flexibility index (Phi) is 3.86. The summed E-state index contributed by atoms with van der Waals surface area (Å²) in [7, 11) is 0. The summed E-state index contributed by atoms with van der Waals surface area (Å²) in [6.45, 7) is 0. The molecule has 2 nitrogen and oxygen atoms in total. The molecule has 2 rings (SSSR count). The van der Waals surface area contributed by atoms with Crippen LogP contribution >= 0.6 is 39.1 Å². The van der Waals surface area contributed by atoms with Gasteiger partial charge >= 0.3 is 0 Å². The first-order valence-electron chi connectivity index (χ1n) is 4.59. The Labute approximate surface area is 116 Å². The van der Waals surface area contributed by atoms with Gasteiger partial charge in [0.2, 0.25) is 0 Å². The first-order chi connectivity index (χ1) is 8.06.